The molecule has 3 aliphatic rings. The first-order valence-electron chi connectivity index (χ1n) is 15.3. The molecular weight excluding hydrogens is 583 g/mol. The van der Waals surface area contributed by atoms with Crippen molar-refractivity contribution in [3.05, 3.63) is 64.5 Å². The lowest BCUT2D eigenvalue weighted by molar-refractivity contribution is -0.139. The quantitative estimate of drug-likeness (QED) is 0.429. The second kappa shape index (κ2) is 11.8. The lowest BCUT2D eigenvalue weighted by atomic mass is 9.81. The van der Waals surface area contributed by atoms with Gasteiger partial charge >= 0.3 is 10.2 Å². The van der Waals surface area contributed by atoms with Crippen LogP contribution in [-0.4, -0.2) is 73.4 Å². The molecule has 6 rings (SSSR count). The summed E-state index contributed by atoms with van der Waals surface area (Å²) in [5.74, 6) is -1.01. The molecule has 0 spiro atoms. The van der Waals surface area contributed by atoms with Crippen molar-refractivity contribution in [2.75, 3.05) is 27.2 Å². The number of amides is 2. The second-order valence-corrected chi connectivity index (χ2v) is 14.4. The number of nitrogens with zero attached hydrogens (tertiary/aromatic N) is 3. The number of fused-ring (bicyclic) bond motifs is 5. The van der Waals surface area contributed by atoms with Crippen LogP contribution in [0, 0.1) is 5.82 Å². The molecule has 9 nitrogen and oxygen atoms in total. The van der Waals surface area contributed by atoms with Crippen molar-refractivity contribution < 1.29 is 27.1 Å². The fourth-order valence-corrected chi connectivity index (χ4v) is 7.53. The summed E-state index contributed by atoms with van der Waals surface area (Å²) in [4.78, 5) is 29.1. The van der Waals surface area contributed by atoms with E-state index >= 15 is 0 Å². The molecule has 0 unspecified atom stereocenters. The van der Waals surface area contributed by atoms with Crippen molar-refractivity contribution in [3.63, 3.8) is 0 Å². The van der Waals surface area contributed by atoms with Gasteiger partial charge in [-0.3, -0.25) is 9.59 Å². The normalized spacial score (nSPS) is 21.0. The maximum atomic E-state index is 14.7. The van der Waals surface area contributed by atoms with Crippen LogP contribution in [0.3, 0.4) is 0 Å². The number of hydrogen-bond acceptors (Lipinski definition) is 5. The van der Waals surface area contributed by atoms with E-state index in [-0.39, 0.29) is 42.0 Å². The fraction of sp³-hybridized carbons (Fsp3) is 0.455. The number of ether oxygens (including phenoxy) is 1. The summed E-state index contributed by atoms with van der Waals surface area (Å²) in [5, 5.41) is 0.955. The van der Waals surface area contributed by atoms with Crippen molar-refractivity contribution in [1.82, 2.24) is 18.5 Å². The highest BCUT2D eigenvalue weighted by Crippen LogP contribution is 2.46. The van der Waals surface area contributed by atoms with Crippen LogP contribution in [0.4, 0.5) is 4.39 Å². The van der Waals surface area contributed by atoms with E-state index in [0.717, 1.165) is 57.7 Å². The van der Waals surface area contributed by atoms with Crippen LogP contribution in [0.5, 0.6) is 0 Å². The zero-order valence-electron chi connectivity index (χ0n) is 25.6. The summed E-state index contributed by atoms with van der Waals surface area (Å²) >= 11 is 0. The highest BCUT2D eigenvalue weighted by atomic mass is 32.2. The van der Waals surface area contributed by atoms with E-state index in [0.29, 0.717) is 24.2 Å². The first-order chi connectivity index (χ1) is 20.9. The van der Waals surface area contributed by atoms with Gasteiger partial charge in [0, 0.05) is 54.8 Å². The minimum Gasteiger partial charge on any atom is -0.372 e. The number of morpholine rings is 1. The van der Waals surface area contributed by atoms with Gasteiger partial charge < -0.3 is 14.2 Å². The first-order valence-corrected chi connectivity index (χ1v) is 16.7. The van der Waals surface area contributed by atoms with E-state index in [2.05, 4.69) is 9.29 Å². The van der Waals surface area contributed by atoms with E-state index in [1.54, 1.807) is 29.2 Å². The minimum atomic E-state index is -4.00. The van der Waals surface area contributed by atoms with Gasteiger partial charge in [0.2, 0.25) is 0 Å². The molecule has 1 aliphatic carbocycles. The van der Waals surface area contributed by atoms with Crippen molar-refractivity contribution in [3.8, 4) is 11.3 Å². The first kappa shape index (κ1) is 30.5. The molecule has 2 aliphatic heterocycles. The van der Waals surface area contributed by atoms with Gasteiger partial charge in [-0.05, 0) is 80.1 Å². The number of carbonyl (C=O) groups excluding carboxylic acids is 2. The van der Waals surface area contributed by atoms with E-state index < -0.39 is 16.1 Å². The largest absolute Gasteiger partial charge is 0.372 e. The standard InChI is InChI=1S/C33H39FN4O5S/c1-20-17-37(18-21(2)43-20)33(40)25-14-24-15-26(34)11-13-27(24)31-30(22-8-6-5-7-9-22)28-12-10-23(16-29(28)38(31)19-25)32(39)35-44(41,42)36(3)4/h10-16,20-22H,5-9,17-19H2,1-4H3,(H,35,39)/t20-,21+. The van der Waals surface area contributed by atoms with Crippen molar-refractivity contribution >= 4 is 39.0 Å². The number of carbonyl (C=O) groups is 2. The molecular formula is C33H39FN4O5S. The van der Waals surface area contributed by atoms with Crippen LogP contribution in [0.25, 0.3) is 28.2 Å². The van der Waals surface area contributed by atoms with Gasteiger partial charge in [-0.15, -0.1) is 0 Å². The van der Waals surface area contributed by atoms with Crippen molar-refractivity contribution in [1.29, 1.82) is 0 Å². The maximum absolute atomic E-state index is 14.7. The third-order valence-corrected chi connectivity index (χ3v) is 10.4. The van der Waals surface area contributed by atoms with Gasteiger partial charge in [-0.1, -0.05) is 25.3 Å². The lowest BCUT2D eigenvalue weighted by Gasteiger charge is -2.35. The molecule has 0 radical (unpaired) electrons. The maximum Gasteiger partial charge on any atom is 0.303 e. The fourth-order valence-electron chi connectivity index (χ4n) is 6.99. The van der Waals surface area contributed by atoms with E-state index in [4.69, 9.17) is 4.74 Å². The number of nitrogens with one attached hydrogen (secondary N) is 1. The number of benzene rings is 2. The van der Waals surface area contributed by atoms with Crippen LogP contribution in [0.15, 0.2) is 42.0 Å². The summed E-state index contributed by atoms with van der Waals surface area (Å²) in [6.45, 7) is 5.01. The molecule has 234 valence electrons. The molecule has 1 saturated heterocycles. The molecule has 0 bridgehead atoms. The third-order valence-electron chi connectivity index (χ3n) is 8.99. The van der Waals surface area contributed by atoms with Crippen LogP contribution < -0.4 is 4.72 Å². The number of hydrogen-bond donors (Lipinski definition) is 1. The molecule has 3 aromatic rings. The van der Waals surface area contributed by atoms with Gasteiger partial charge in [-0.2, -0.15) is 12.7 Å². The molecule has 1 aromatic heterocycles. The van der Waals surface area contributed by atoms with Gasteiger partial charge in [0.1, 0.15) is 5.82 Å². The predicted molar refractivity (Wildman–Crippen MR) is 168 cm³/mol. The average molecular weight is 623 g/mol. The smallest absolute Gasteiger partial charge is 0.303 e. The SMILES string of the molecule is C[C@@H]1CN(C(=O)C2=Cc3cc(F)ccc3-c3c(C4CCCCC4)c4ccc(C(=O)NS(=O)(=O)N(C)C)cc4n3C2)C[C@H](C)O1. The Labute approximate surface area is 257 Å². The Bertz CT molecular complexity index is 1760. The van der Waals surface area contributed by atoms with Gasteiger partial charge in [-0.25, -0.2) is 9.11 Å². The summed E-state index contributed by atoms with van der Waals surface area (Å²) in [6.07, 6.45) is 6.97. The van der Waals surface area contributed by atoms with E-state index in [9.17, 15) is 22.4 Å². The Morgan fingerprint density at radius 2 is 1.70 bits per heavy atom. The monoisotopic (exact) mass is 622 g/mol. The molecule has 44 heavy (non-hydrogen) atoms. The highest BCUT2D eigenvalue weighted by Gasteiger charge is 2.33. The average Bonchev–Trinajstić information content (AvgIpc) is 3.19. The Morgan fingerprint density at radius 1 is 1.00 bits per heavy atom. The van der Waals surface area contributed by atoms with Crippen molar-refractivity contribution in [2.45, 2.75) is 70.6 Å². The summed E-state index contributed by atoms with van der Waals surface area (Å²) in [6, 6.07) is 9.96. The second-order valence-electron chi connectivity index (χ2n) is 12.5. The van der Waals surface area contributed by atoms with Crippen LogP contribution >= 0.6 is 0 Å². The molecule has 2 amide bonds. The molecule has 1 N–H and O–H groups in total. The van der Waals surface area contributed by atoms with E-state index in [1.807, 2.05) is 19.9 Å². The number of rotatable bonds is 5. The van der Waals surface area contributed by atoms with Crippen LogP contribution in [-0.2, 0) is 26.3 Å². The number of halogens is 1. The Kier molecular flexibility index (Phi) is 8.15. The summed E-state index contributed by atoms with van der Waals surface area (Å²) < 4.78 is 50.6. The third kappa shape index (κ3) is 5.68. The Morgan fingerprint density at radius 3 is 2.39 bits per heavy atom. The highest BCUT2D eigenvalue weighted by molar-refractivity contribution is 7.87. The van der Waals surface area contributed by atoms with Crippen molar-refractivity contribution in [2.24, 2.45) is 0 Å². The molecule has 1 saturated carbocycles. The lowest BCUT2D eigenvalue weighted by Crippen LogP contribution is -2.48. The number of aromatic nitrogens is 1. The molecule has 3 heterocycles. The zero-order chi connectivity index (χ0) is 31.3. The van der Waals surface area contributed by atoms with E-state index in [1.165, 1.54) is 32.6 Å². The molecule has 2 aromatic carbocycles. The van der Waals surface area contributed by atoms with Gasteiger partial charge in [0.25, 0.3) is 11.8 Å². The summed E-state index contributed by atoms with van der Waals surface area (Å²) in [5.41, 5.74) is 4.95. The van der Waals surface area contributed by atoms with Gasteiger partial charge in [0.05, 0.1) is 24.4 Å². The molecule has 2 fully saturated rings. The molecule has 2 atom stereocenters. The summed E-state index contributed by atoms with van der Waals surface area (Å²) in [7, 11) is -1.30. The minimum absolute atomic E-state index is 0.112. The van der Waals surface area contributed by atoms with Gasteiger partial charge in [0.15, 0.2) is 0 Å². The predicted octanol–water partition coefficient (Wildman–Crippen LogP) is 5.06. The van der Waals surface area contributed by atoms with Crippen LogP contribution in [0.1, 0.15) is 73.4 Å². The zero-order valence-corrected chi connectivity index (χ0v) is 26.4. The topological polar surface area (TPSA) is 101 Å². The Balaban J connectivity index is 1.54. The van der Waals surface area contributed by atoms with Crippen LogP contribution in [0.2, 0.25) is 0 Å². The molecule has 11 heteroatoms. The Hall–Kier alpha value is -3.54.